The zero-order valence-corrected chi connectivity index (χ0v) is 5.82. The predicted octanol–water partition coefficient (Wildman–Crippen LogP) is -1.41. The van der Waals surface area contributed by atoms with Crippen molar-refractivity contribution in [3.05, 3.63) is 0 Å². The van der Waals surface area contributed by atoms with Crippen LogP contribution in [0.1, 0.15) is 19.8 Å². The normalized spacial score (nSPS) is 9.75. The Bertz CT molecular complexity index is 31.5. The van der Waals surface area contributed by atoms with Crippen molar-refractivity contribution >= 4 is 0 Å². The van der Waals surface area contributed by atoms with Crippen LogP contribution in [-0.4, -0.2) is 19.6 Å². The third-order valence-corrected chi connectivity index (χ3v) is 1.17. The first kappa shape index (κ1) is 7.92. The minimum atomic E-state index is 1.06. The first-order chi connectivity index (χ1) is 3.91. The van der Waals surface area contributed by atoms with E-state index in [1.54, 1.807) is 0 Å². The van der Waals surface area contributed by atoms with Gasteiger partial charge in [-0.15, -0.1) is 0 Å². The van der Waals surface area contributed by atoms with Gasteiger partial charge in [-0.2, -0.15) is 0 Å². The molecule has 0 rings (SSSR count). The highest BCUT2D eigenvalue weighted by atomic mass is 14.9. The Morgan fingerprint density at radius 3 is 2.62 bits per heavy atom. The van der Waals surface area contributed by atoms with Crippen LogP contribution in [-0.2, 0) is 0 Å². The topological polar surface area (TPSA) is 44.2 Å². The number of quaternary nitrogens is 2. The zero-order valence-electron chi connectivity index (χ0n) is 5.82. The number of hydrogen-bond acceptors (Lipinski definition) is 0. The maximum Gasteiger partial charge on any atom is 0.125 e. The fourth-order valence-corrected chi connectivity index (χ4v) is 0.637. The van der Waals surface area contributed by atoms with Crippen molar-refractivity contribution in [3.63, 3.8) is 0 Å². The van der Waals surface area contributed by atoms with Crippen LogP contribution in [0.5, 0.6) is 0 Å². The van der Waals surface area contributed by atoms with Gasteiger partial charge in [0.15, 0.2) is 0 Å². The van der Waals surface area contributed by atoms with Gasteiger partial charge in [0, 0.05) is 0 Å². The second-order valence-corrected chi connectivity index (χ2v) is 2.07. The number of nitrogens with two attached hydrogens (primary N) is 1. The van der Waals surface area contributed by atoms with Gasteiger partial charge in [-0.25, -0.2) is 0 Å². The average Bonchev–Trinajstić information content (AvgIpc) is 1.81. The van der Waals surface area contributed by atoms with E-state index in [0.29, 0.717) is 0 Å². The molecule has 0 saturated heterocycles. The van der Waals surface area contributed by atoms with Crippen LogP contribution >= 0.6 is 0 Å². The molecule has 8 heavy (non-hydrogen) atoms. The molecule has 0 radical (unpaired) electrons. The first-order valence-corrected chi connectivity index (χ1v) is 3.52. The molecule has 0 atom stereocenters. The lowest BCUT2D eigenvalue weighted by Crippen LogP contribution is -2.87. The molecule has 0 aromatic heterocycles. The molecular formula is C6H18N2+2. The largest absolute Gasteiger partial charge is 0.353 e. The van der Waals surface area contributed by atoms with E-state index < -0.39 is 0 Å². The third kappa shape index (κ3) is 5.92. The summed E-state index contributed by atoms with van der Waals surface area (Å²) < 4.78 is 0. The van der Waals surface area contributed by atoms with Crippen LogP contribution < -0.4 is 11.1 Å². The molecule has 2 heteroatoms. The minimum Gasteiger partial charge on any atom is -0.353 e. The molecule has 0 spiro atoms. The van der Waals surface area contributed by atoms with E-state index in [2.05, 4.69) is 18.0 Å². The van der Waals surface area contributed by atoms with E-state index in [1.165, 1.54) is 25.9 Å². The monoisotopic (exact) mass is 118 g/mol. The van der Waals surface area contributed by atoms with Crippen molar-refractivity contribution in [1.82, 2.24) is 0 Å². The van der Waals surface area contributed by atoms with Gasteiger partial charge >= 0.3 is 0 Å². The minimum absolute atomic E-state index is 1.06. The maximum atomic E-state index is 3.75. The van der Waals surface area contributed by atoms with Crippen LogP contribution in [0.4, 0.5) is 0 Å². The number of rotatable bonds is 5. The fraction of sp³-hybridized carbons (Fsp3) is 1.00. The Hall–Kier alpha value is -0.0800. The molecule has 0 amide bonds. The van der Waals surface area contributed by atoms with Gasteiger partial charge in [-0.1, -0.05) is 13.3 Å². The molecule has 2 nitrogen and oxygen atoms in total. The van der Waals surface area contributed by atoms with Gasteiger partial charge in [-0.05, 0) is 6.42 Å². The van der Waals surface area contributed by atoms with Crippen molar-refractivity contribution < 1.29 is 11.1 Å². The van der Waals surface area contributed by atoms with Gasteiger partial charge in [0.05, 0.1) is 6.54 Å². The Morgan fingerprint density at radius 1 is 1.38 bits per heavy atom. The summed E-state index contributed by atoms with van der Waals surface area (Å²) in [7, 11) is 0. The highest BCUT2D eigenvalue weighted by Gasteiger charge is 1.85. The van der Waals surface area contributed by atoms with Crippen LogP contribution in [0.2, 0.25) is 0 Å². The number of hydrogen-bond donors (Lipinski definition) is 2. The van der Waals surface area contributed by atoms with Crippen LogP contribution in [0.25, 0.3) is 0 Å². The standard InChI is InChI=1S/C6H16N2/c1-2-3-5-8-6-4-7/h8H,2-7H2,1H3/p+2. The second kappa shape index (κ2) is 6.92. The molecular weight excluding hydrogens is 100 g/mol. The van der Waals surface area contributed by atoms with E-state index in [0.717, 1.165) is 6.54 Å². The molecule has 0 aliphatic carbocycles. The summed E-state index contributed by atoms with van der Waals surface area (Å²) >= 11 is 0. The lowest BCUT2D eigenvalue weighted by Gasteiger charge is -1.93. The quantitative estimate of drug-likeness (QED) is 0.417. The molecule has 0 aromatic carbocycles. The van der Waals surface area contributed by atoms with Crippen molar-refractivity contribution in [2.75, 3.05) is 19.6 Å². The Kier molecular flexibility index (Phi) is 6.85. The van der Waals surface area contributed by atoms with Gasteiger partial charge in [0.1, 0.15) is 13.1 Å². The third-order valence-electron chi connectivity index (χ3n) is 1.17. The SMILES string of the molecule is CCCC[NH2+]CC[NH3+]. The van der Waals surface area contributed by atoms with Crippen molar-refractivity contribution in [2.24, 2.45) is 0 Å². The summed E-state index contributed by atoms with van der Waals surface area (Å²) in [5, 5.41) is 2.33. The Labute approximate surface area is 51.5 Å². The van der Waals surface area contributed by atoms with Crippen molar-refractivity contribution in [1.29, 1.82) is 0 Å². The molecule has 0 heterocycles. The zero-order chi connectivity index (χ0) is 6.24. The number of unbranched alkanes of at least 4 members (excludes halogenated alkanes) is 1. The lowest BCUT2D eigenvalue weighted by atomic mass is 10.3. The predicted molar refractivity (Wildman–Crippen MR) is 34.3 cm³/mol. The van der Waals surface area contributed by atoms with E-state index in [4.69, 9.17) is 0 Å². The Morgan fingerprint density at radius 2 is 2.12 bits per heavy atom. The van der Waals surface area contributed by atoms with E-state index in [1.807, 2.05) is 0 Å². The van der Waals surface area contributed by atoms with E-state index in [9.17, 15) is 0 Å². The van der Waals surface area contributed by atoms with Crippen LogP contribution in [0.3, 0.4) is 0 Å². The van der Waals surface area contributed by atoms with Crippen molar-refractivity contribution in [3.8, 4) is 0 Å². The van der Waals surface area contributed by atoms with Gasteiger partial charge in [0.25, 0.3) is 0 Å². The molecule has 0 aliphatic rings. The second-order valence-electron chi connectivity index (χ2n) is 2.07. The van der Waals surface area contributed by atoms with Gasteiger partial charge in [-0.3, -0.25) is 0 Å². The summed E-state index contributed by atoms with van der Waals surface area (Å²) in [5.41, 5.74) is 3.75. The summed E-state index contributed by atoms with van der Waals surface area (Å²) in [4.78, 5) is 0. The van der Waals surface area contributed by atoms with E-state index >= 15 is 0 Å². The molecule has 50 valence electrons. The molecule has 0 bridgehead atoms. The smallest absolute Gasteiger partial charge is 0.125 e. The highest BCUT2D eigenvalue weighted by molar-refractivity contribution is 4.25. The van der Waals surface area contributed by atoms with Crippen LogP contribution in [0.15, 0.2) is 0 Å². The summed E-state index contributed by atoms with van der Waals surface area (Å²) in [6.45, 7) is 5.76. The fourth-order valence-electron chi connectivity index (χ4n) is 0.637. The Balaban J connectivity index is 2.53. The van der Waals surface area contributed by atoms with Crippen LogP contribution in [0, 0.1) is 0 Å². The van der Waals surface area contributed by atoms with Gasteiger partial charge in [0.2, 0.25) is 0 Å². The highest BCUT2D eigenvalue weighted by Crippen LogP contribution is 1.76. The van der Waals surface area contributed by atoms with E-state index in [-0.39, 0.29) is 0 Å². The molecule has 0 saturated carbocycles. The molecule has 0 aliphatic heterocycles. The maximum absolute atomic E-state index is 3.75. The molecule has 0 aromatic rings. The average molecular weight is 118 g/mol. The molecule has 5 N–H and O–H groups in total. The molecule has 0 fully saturated rings. The summed E-state index contributed by atoms with van der Waals surface area (Å²) in [6, 6.07) is 0. The molecule has 0 unspecified atom stereocenters. The summed E-state index contributed by atoms with van der Waals surface area (Å²) in [6.07, 6.45) is 2.66. The van der Waals surface area contributed by atoms with Crippen molar-refractivity contribution in [2.45, 2.75) is 19.8 Å². The van der Waals surface area contributed by atoms with Gasteiger partial charge < -0.3 is 11.1 Å². The first-order valence-electron chi connectivity index (χ1n) is 3.52. The summed E-state index contributed by atoms with van der Waals surface area (Å²) in [5.74, 6) is 0. The lowest BCUT2D eigenvalue weighted by molar-refractivity contribution is -0.670.